The maximum atomic E-state index is 13.0. The molecule has 1 aliphatic rings. The molecule has 0 spiro atoms. The largest absolute Gasteiger partial charge is 0.490 e. The third-order valence-corrected chi connectivity index (χ3v) is 4.54. The molecule has 1 aliphatic heterocycles. The van der Waals surface area contributed by atoms with Gasteiger partial charge in [0, 0.05) is 18.3 Å². The van der Waals surface area contributed by atoms with Gasteiger partial charge >= 0.3 is 0 Å². The third-order valence-electron chi connectivity index (χ3n) is 4.54. The first-order chi connectivity index (χ1) is 12.8. The van der Waals surface area contributed by atoms with Gasteiger partial charge in [0.2, 0.25) is 11.8 Å². The number of carbonyl (C=O) groups is 2. The van der Waals surface area contributed by atoms with E-state index in [1.807, 2.05) is 20.8 Å². The molecule has 0 unspecified atom stereocenters. The van der Waals surface area contributed by atoms with Gasteiger partial charge in [-0.25, -0.2) is 4.39 Å². The quantitative estimate of drug-likeness (QED) is 0.891. The van der Waals surface area contributed by atoms with Crippen LogP contribution < -0.4 is 15.0 Å². The Labute approximate surface area is 158 Å². The average molecular weight is 370 g/mol. The van der Waals surface area contributed by atoms with Crippen LogP contribution in [0.25, 0.3) is 0 Å². The van der Waals surface area contributed by atoms with Crippen LogP contribution in [0.1, 0.15) is 26.3 Å². The van der Waals surface area contributed by atoms with E-state index in [4.69, 9.17) is 4.74 Å². The van der Waals surface area contributed by atoms with Crippen LogP contribution in [0.5, 0.6) is 5.75 Å². The van der Waals surface area contributed by atoms with Crippen molar-refractivity contribution in [3.05, 3.63) is 53.8 Å². The SMILES string of the molecule is CCN1C(=O)C(C)(C)COc2cc(NC(=O)Cc3ccc(F)cc3)ccc21. The van der Waals surface area contributed by atoms with Gasteiger partial charge in [-0.15, -0.1) is 0 Å². The fourth-order valence-corrected chi connectivity index (χ4v) is 3.03. The zero-order valence-electron chi connectivity index (χ0n) is 15.7. The van der Waals surface area contributed by atoms with E-state index >= 15 is 0 Å². The van der Waals surface area contributed by atoms with Gasteiger partial charge in [0.25, 0.3) is 0 Å². The Morgan fingerprint density at radius 3 is 2.59 bits per heavy atom. The Morgan fingerprint density at radius 2 is 1.93 bits per heavy atom. The number of benzene rings is 2. The van der Waals surface area contributed by atoms with Gasteiger partial charge in [-0.2, -0.15) is 0 Å². The lowest BCUT2D eigenvalue weighted by atomic mass is 9.93. The number of nitrogens with one attached hydrogen (secondary N) is 1. The fraction of sp³-hybridized carbons (Fsp3) is 0.333. The minimum atomic E-state index is -0.624. The van der Waals surface area contributed by atoms with Crippen molar-refractivity contribution < 1.29 is 18.7 Å². The highest BCUT2D eigenvalue weighted by molar-refractivity contribution is 6.00. The molecule has 0 radical (unpaired) electrons. The van der Waals surface area contributed by atoms with E-state index in [0.717, 1.165) is 5.56 Å². The zero-order valence-corrected chi connectivity index (χ0v) is 15.7. The fourth-order valence-electron chi connectivity index (χ4n) is 3.03. The van der Waals surface area contributed by atoms with E-state index in [2.05, 4.69) is 5.32 Å². The second-order valence-corrected chi connectivity index (χ2v) is 7.26. The molecule has 0 atom stereocenters. The van der Waals surface area contributed by atoms with Crippen LogP contribution in [-0.4, -0.2) is 25.0 Å². The number of ether oxygens (including phenoxy) is 1. The molecule has 1 heterocycles. The molecule has 0 aromatic heterocycles. The molecule has 0 aliphatic carbocycles. The van der Waals surface area contributed by atoms with Crippen LogP contribution in [-0.2, 0) is 16.0 Å². The van der Waals surface area contributed by atoms with E-state index in [0.29, 0.717) is 23.7 Å². The minimum absolute atomic E-state index is 0.0110. The molecule has 2 aromatic carbocycles. The molecule has 0 saturated carbocycles. The summed E-state index contributed by atoms with van der Waals surface area (Å²) in [6.45, 7) is 6.43. The van der Waals surface area contributed by atoms with Crippen molar-refractivity contribution in [2.75, 3.05) is 23.4 Å². The van der Waals surface area contributed by atoms with Crippen LogP contribution in [0.15, 0.2) is 42.5 Å². The predicted octanol–water partition coefficient (Wildman–Crippen LogP) is 3.78. The molecule has 1 N–H and O–H groups in total. The smallest absolute Gasteiger partial charge is 0.236 e. The lowest BCUT2D eigenvalue weighted by molar-refractivity contribution is -0.127. The van der Waals surface area contributed by atoms with E-state index in [1.165, 1.54) is 12.1 Å². The predicted molar refractivity (Wildman–Crippen MR) is 102 cm³/mol. The Balaban J connectivity index is 1.78. The van der Waals surface area contributed by atoms with Crippen LogP contribution in [0.4, 0.5) is 15.8 Å². The van der Waals surface area contributed by atoms with Gasteiger partial charge in [0.15, 0.2) is 0 Å². The molecule has 2 amide bonds. The van der Waals surface area contributed by atoms with Crippen LogP contribution in [0.2, 0.25) is 0 Å². The summed E-state index contributed by atoms with van der Waals surface area (Å²) < 4.78 is 18.8. The van der Waals surface area contributed by atoms with E-state index in [-0.39, 0.29) is 30.7 Å². The second kappa shape index (κ2) is 7.39. The molecule has 5 nitrogen and oxygen atoms in total. The zero-order chi connectivity index (χ0) is 19.6. The third kappa shape index (κ3) is 4.10. The number of hydrogen-bond donors (Lipinski definition) is 1. The summed E-state index contributed by atoms with van der Waals surface area (Å²) in [5.41, 5.74) is 1.39. The van der Waals surface area contributed by atoms with Gasteiger partial charge in [0.05, 0.1) is 17.5 Å². The number of amides is 2. The molecule has 0 saturated heterocycles. The normalized spacial score (nSPS) is 15.6. The van der Waals surface area contributed by atoms with Crippen molar-refractivity contribution in [2.24, 2.45) is 5.41 Å². The molecule has 142 valence electrons. The number of anilines is 2. The van der Waals surface area contributed by atoms with Gasteiger partial charge in [-0.05, 0) is 50.6 Å². The Morgan fingerprint density at radius 1 is 1.22 bits per heavy atom. The van der Waals surface area contributed by atoms with Crippen molar-refractivity contribution in [1.82, 2.24) is 0 Å². The van der Waals surface area contributed by atoms with Gasteiger partial charge in [-0.3, -0.25) is 9.59 Å². The summed E-state index contributed by atoms with van der Waals surface area (Å²) in [5.74, 6) is 0.0335. The van der Waals surface area contributed by atoms with Crippen molar-refractivity contribution in [1.29, 1.82) is 0 Å². The monoisotopic (exact) mass is 370 g/mol. The standard InChI is InChI=1S/C21H23FN2O3/c1-4-24-17-10-9-16(12-18(17)27-13-21(2,3)20(24)26)23-19(25)11-14-5-7-15(22)8-6-14/h5-10,12H,4,11,13H2,1-3H3,(H,23,25). The van der Waals surface area contributed by atoms with Gasteiger partial charge in [-0.1, -0.05) is 12.1 Å². The topological polar surface area (TPSA) is 58.6 Å². The Hall–Kier alpha value is -2.89. The number of hydrogen-bond acceptors (Lipinski definition) is 3. The van der Waals surface area contributed by atoms with E-state index in [9.17, 15) is 14.0 Å². The summed E-state index contributed by atoms with van der Waals surface area (Å²) in [5, 5.41) is 2.82. The van der Waals surface area contributed by atoms with Crippen LogP contribution in [0, 0.1) is 11.2 Å². The lowest BCUT2D eigenvalue weighted by Crippen LogP contribution is -2.42. The molecule has 3 rings (SSSR count). The van der Waals surface area contributed by atoms with Gasteiger partial charge in [0.1, 0.15) is 18.2 Å². The van der Waals surface area contributed by atoms with Crippen molar-refractivity contribution in [2.45, 2.75) is 27.2 Å². The van der Waals surface area contributed by atoms with Gasteiger partial charge < -0.3 is 15.0 Å². The lowest BCUT2D eigenvalue weighted by Gasteiger charge is -2.26. The summed E-state index contributed by atoms with van der Waals surface area (Å²) in [7, 11) is 0. The summed E-state index contributed by atoms with van der Waals surface area (Å²) in [4.78, 5) is 26.7. The molecule has 6 heteroatoms. The Bertz CT molecular complexity index is 862. The number of rotatable bonds is 4. The Kier molecular flexibility index (Phi) is 5.17. The van der Waals surface area contributed by atoms with Crippen LogP contribution >= 0.6 is 0 Å². The second-order valence-electron chi connectivity index (χ2n) is 7.26. The van der Waals surface area contributed by atoms with E-state index < -0.39 is 5.41 Å². The maximum Gasteiger partial charge on any atom is 0.236 e. The molecule has 0 fully saturated rings. The highest BCUT2D eigenvalue weighted by Crippen LogP contribution is 2.38. The number of nitrogens with zero attached hydrogens (tertiary/aromatic N) is 1. The first kappa shape index (κ1) is 18.9. The minimum Gasteiger partial charge on any atom is -0.490 e. The maximum absolute atomic E-state index is 13.0. The molecular weight excluding hydrogens is 347 g/mol. The molecule has 27 heavy (non-hydrogen) atoms. The van der Waals surface area contributed by atoms with Crippen molar-refractivity contribution in [3.8, 4) is 5.75 Å². The summed E-state index contributed by atoms with van der Waals surface area (Å²) in [6.07, 6.45) is 0.144. The van der Waals surface area contributed by atoms with Crippen LogP contribution in [0.3, 0.4) is 0 Å². The first-order valence-electron chi connectivity index (χ1n) is 8.93. The van der Waals surface area contributed by atoms with E-state index in [1.54, 1.807) is 35.2 Å². The highest BCUT2D eigenvalue weighted by atomic mass is 19.1. The summed E-state index contributed by atoms with van der Waals surface area (Å²) in [6, 6.07) is 11.1. The number of carbonyl (C=O) groups excluding carboxylic acids is 2. The molecule has 2 aromatic rings. The number of halogens is 1. The highest BCUT2D eigenvalue weighted by Gasteiger charge is 2.37. The first-order valence-corrected chi connectivity index (χ1v) is 8.93. The molecule has 0 bridgehead atoms. The molecular formula is C21H23FN2O3. The van der Waals surface area contributed by atoms with Crippen molar-refractivity contribution in [3.63, 3.8) is 0 Å². The summed E-state index contributed by atoms with van der Waals surface area (Å²) >= 11 is 0. The number of fused-ring (bicyclic) bond motifs is 1. The average Bonchev–Trinajstić information content (AvgIpc) is 2.72. The van der Waals surface area contributed by atoms with Crippen molar-refractivity contribution >= 4 is 23.2 Å².